The minimum absolute atomic E-state index is 0.0241. The Morgan fingerprint density at radius 3 is 2.48 bits per heavy atom. The molecule has 7 nitrogen and oxygen atoms in total. The highest BCUT2D eigenvalue weighted by molar-refractivity contribution is 7.99. The molecule has 2 amide bonds. The van der Waals surface area contributed by atoms with Crippen molar-refractivity contribution in [3.63, 3.8) is 0 Å². The van der Waals surface area contributed by atoms with E-state index in [-0.39, 0.29) is 36.0 Å². The van der Waals surface area contributed by atoms with Gasteiger partial charge in [-0.25, -0.2) is 0 Å². The fraction of sp³-hybridized carbons (Fsp3) is 0.680. The van der Waals surface area contributed by atoms with E-state index < -0.39 is 0 Å². The number of likely N-dealkylation sites (tertiary alicyclic amines) is 1. The van der Waals surface area contributed by atoms with Crippen LogP contribution in [-0.4, -0.2) is 90.2 Å². The second-order valence-electron chi connectivity index (χ2n) is 9.55. The molecule has 33 heavy (non-hydrogen) atoms. The molecule has 1 aromatic carbocycles. The third kappa shape index (κ3) is 5.84. The Labute approximate surface area is 201 Å². The summed E-state index contributed by atoms with van der Waals surface area (Å²) in [7, 11) is 0. The number of rotatable bonds is 7. The van der Waals surface area contributed by atoms with Crippen LogP contribution in [0.5, 0.6) is 5.75 Å². The third-order valence-corrected chi connectivity index (χ3v) is 8.54. The van der Waals surface area contributed by atoms with Crippen molar-refractivity contribution in [1.82, 2.24) is 15.1 Å². The van der Waals surface area contributed by atoms with Crippen molar-refractivity contribution in [1.29, 1.82) is 0 Å². The number of hydrogen-bond donors (Lipinski definition) is 1. The number of nitrogens with zero attached hydrogens (tertiary/aromatic N) is 2. The Balaban J connectivity index is 1.28. The van der Waals surface area contributed by atoms with Crippen LogP contribution in [0.25, 0.3) is 0 Å². The zero-order valence-electron chi connectivity index (χ0n) is 19.9. The molecule has 0 bridgehead atoms. The van der Waals surface area contributed by atoms with E-state index in [1.54, 1.807) is 24.3 Å². The minimum Gasteiger partial charge on any atom is -0.484 e. The van der Waals surface area contributed by atoms with Gasteiger partial charge in [0.25, 0.3) is 11.8 Å². The van der Waals surface area contributed by atoms with Gasteiger partial charge in [0.2, 0.25) is 0 Å². The van der Waals surface area contributed by atoms with Crippen LogP contribution in [0.1, 0.15) is 49.9 Å². The first-order valence-corrected chi connectivity index (χ1v) is 13.4. The Kier molecular flexibility index (Phi) is 8.20. The molecule has 0 aliphatic carbocycles. The molecular weight excluding hydrogens is 438 g/mol. The SMILES string of the molecule is CC1CCCC(C)N1C(=O)COc1ccc(C(=O)NCC2(N3CCOCC3)CCSC2)cc1. The zero-order chi connectivity index (χ0) is 23.3. The Bertz CT molecular complexity index is 796. The molecule has 3 fully saturated rings. The third-order valence-electron chi connectivity index (χ3n) is 7.30. The van der Waals surface area contributed by atoms with Crippen LogP contribution in [0.4, 0.5) is 0 Å². The quantitative estimate of drug-likeness (QED) is 0.654. The van der Waals surface area contributed by atoms with Crippen LogP contribution in [0.2, 0.25) is 0 Å². The molecule has 182 valence electrons. The van der Waals surface area contributed by atoms with E-state index in [1.807, 2.05) is 16.7 Å². The summed E-state index contributed by atoms with van der Waals surface area (Å²) in [6.45, 7) is 8.27. The molecule has 1 N–H and O–H groups in total. The van der Waals surface area contributed by atoms with Crippen molar-refractivity contribution in [2.45, 2.75) is 57.2 Å². The van der Waals surface area contributed by atoms with E-state index >= 15 is 0 Å². The van der Waals surface area contributed by atoms with Gasteiger partial charge in [0.15, 0.2) is 6.61 Å². The van der Waals surface area contributed by atoms with Crippen molar-refractivity contribution >= 4 is 23.6 Å². The van der Waals surface area contributed by atoms with Crippen LogP contribution in [0.15, 0.2) is 24.3 Å². The van der Waals surface area contributed by atoms with Gasteiger partial charge in [-0.15, -0.1) is 0 Å². The highest BCUT2D eigenvalue weighted by atomic mass is 32.2. The topological polar surface area (TPSA) is 71.1 Å². The molecular formula is C25H37N3O4S. The molecule has 3 aliphatic rings. The Morgan fingerprint density at radius 2 is 1.85 bits per heavy atom. The van der Waals surface area contributed by atoms with Gasteiger partial charge in [0, 0.05) is 48.6 Å². The van der Waals surface area contributed by atoms with E-state index in [2.05, 4.69) is 24.1 Å². The highest BCUT2D eigenvalue weighted by Crippen LogP contribution is 2.33. The van der Waals surface area contributed by atoms with E-state index in [0.29, 0.717) is 17.9 Å². The van der Waals surface area contributed by atoms with Gasteiger partial charge in [-0.2, -0.15) is 11.8 Å². The number of amides is 2. The maximum absolute atomic E-state index is 12.8. The average Bonchev–Trinajstić information content (AvgIpc) is 3.32. The number of benzene rings is 1. The first-order chi connectivity index (χ1) is 16.0. The maximum atomic E-state index is 12.8. The van der Waals surface area contributed by atoms with Crippen LogP contribution >= 0.6 is 11.8 Å². The molecule has 3 atom stereocenters. The lowest BCUT2D eigenvalue weighted by Gasteiger charge is -2.43. The molecule has 3 saturated heterocycles. The van der Waals surface area contributed by atoms with Gasteiger partial charge in [0.1, 0.15) is 5.75 Å². The number of thioether (sulfide) groups is 1. The van der Waals surface area contributed by atoms with Crippen molar-refractivity contribution in [3.05, 3.63) is 29.8 Å². The summed E-state index contributed by atoms with van der Waals surface area (Å²) in [6.07, 6.45) is 4.35. The lowest BCUT2D eigenvalue weighted by Crippen LogP contribution is -2.59. The molecule has 3 unspecified atom stereocenters. The Morgan fingerprint density at radius 1 is 1.15 bits per heavy atom. The summed E-state index contributed by atoms with van der Waals surface area (Å²) < 4.78 is 11.3. The summed E-state index contributed by atoms with van der Waals surface area (Å²) in [5, 5.41) is 3.17. The van der Waals surface area contributed by atoms with Crippen molar-refractivity contribution in [2.75, 3.05) is 51.0 Å². The molecule has 0 saturated carbocycles. The van der Waals surface area contributed by atoms with Crippen molar-refractivity contribution in [2.24, 2.45) is 0 Å². The first kappa shape index (κ1) is 24.4. The second kappa shape index (κ2) is 11.1. The van der Waals surface area contributed by atoms with Gasteiger partial charge < -0.3 is 19.7 Å². The van der Waals surface area contributed by atoms with Crippen LogP contribution in [-0.2, 0) is 9.53 Å². The maximum Gasteiger partial charge on any atom is 0.260 e. The monoisotopic (exact) mass is 475 g/mol. The molecule has 0 radical (unpaired) electrons. The van der Waals surface area contributed by atoms with Gasteiger partial charge in [-0.05, 0) is 69.5 Å². The van der Waals surface area contributed by atoms with Crippen molar-refractivity contribution in [3.8, 4) is 5.75 Å². The lowest BCUT2D eigenvalue weighted by molar-refractivity contribution is -0.139. The molecule has 0 aromatic heterocycles. The number of piperidine rings is 1. The van der Waals surface area contributed by atoms with E-state index in [1.165, 1.54) is 6.42 Å². The number of nitrogens with one attached hydrogen (secondary N) is 1. The summed E-state index contributed by atoms with van der Waals surface area (Å²) in [5.74, 6) is 2.74. The molecule has 1 aromatic rings. The smallest absolute Gasteiger partial charge is 0.260 e. The van der Waals surface area contributed by atoms with E-state index in [0.717, 1.165) is 57.1 Å². The first-order valence-electron chi connectivity index (χ1n) is 12.2. The van der Waals surface area contributed by atoms with Crippen LogP contribution in [0.3, 0.4) is 0 Å². The van der Waals surface area contributed by atoms with Gasteiger partial charge >= 0.3 is 0 Å². The van der Waals surface area contributed by atoms with Gasteiger partial charge in [0.05, 0.1) is 13.2 Å². The fourth-order valence-corrected chi connectivity index (χ4v) is 6.79. The van der Waals surface area contributed by atoms with Gasteiger partial charge in [-0.1, -0.05) is 0 Å². The van der Waals surface area contributed by atoms with Gasteiger partial charge in [-0.3, -0.25) is 14.5 Å². The predicted octanol–water partition coefficient (Wildman–Crippen LogP) is 2.79. The number of ether oxygens (including phenoxy) is 2. The predicted molar refractivity (Wildman–Crippen MR) is 131 cm³/mol. The standard InChI is InChI=1S/C25H37N3O4S/c1-19-4-3-5-20(2)28(19)23(29)16-32-22-8-6-21(7-9-22)24(30)26-17-25(10-15-33-18-25)27-11-13-31-14-12-27/h6-9,19-20H,3-5,10-18H2,1-2H3,(H,26,30). The second-order valence-corrected chi connectivity index (χ2v) is 10.7. The lowest BCUT2D eigenvalue weighted by atomic mass is 9.95. The zero-order valence-corrected chi connectivity index (χ0v) is 20.7. The number of hydrogen-bond acceptors (Lipinski definition) is 6. The number of carbonyl (C=O) groups is 2. The van der Waals surface area contributed by atoms with E-state index in [4.69, 9.17) is 9.47 Å². The largest absolute Gasteiger partial charge is 0.484 e. The molecule has 4 rings (SSSR count). The van der Waals surface area contributed by atoms with Crippen LogP contribution < -0.4 is 10.1 Å². The summed E-state index contributed by atoms with van der Waals surface area (Å²) in [6, 6.07) is 7.60. The normalized spacial score (nSPS) is 28.5. The van der Waals surface area contributed by atoms with Crippen molar-refractivity contribution < 1.29 is 19.1 Å². The molecule has 3 aliphatic heterocycles. The van der Waals surface area contributed by atoms with Crippen LogP contribution in [0, 0.1) is 0 Å². The average molecular weight is 476 g/mol. The molecule has 3 heterocycles. The number of carbonyl (C=O) groups excluding carboxylic acids is 2. The summed E-state index contributed by atoms with van der Waals surface area (Å²) in [5.41, 5.74) is 0.630. The highest BCUT2D eigenvalue weighted by Gasteiger charge is 2.41. The molecule has 0 spiro atoms. The fourth-order valence-electron chi connectivity index (χ4n) is 5.32. The summed E-state index contributed by atoms with van der Waals surface area (Å²) in [4.78, 5) is 29.9. The summed E-state index contributed by atoms with van der Waals surface area (Å²) >= 11 is 1.96. The minimum atomic E-state index is -0.0712. The molecule has 8 heteroatoms. The van der Waals surface area contributed by atoms with E-state index in [9.17, 15) is 9.59 Å². The number of morpholine rings is 1. The Hall–Kier alpha value is -1.77.